The lowest BCUT2D eigenvalue weighted by Gasteiger charge is -2.37. The number of ether oxygens (including phenoxy) is 2. The van der Waals surface area contributed by atoms with Gasteiger partial charge in [-0.1, -0.05) is 0 Å². The van der Waals surface area contributed by atoms with Crippen molar-refractivity contribution in [2.45, 2.75) is 49.8 Å². The maximum atomic E-state index is 11.8. The van der Waals surface area contributed by atoms with Gasteiger partial charge in [0.05, 0.1) is 12.2 Å². The van der Waals surface area contributed by atoms with E-state index < -0.39 is 0 Å². The van der Waals surface area contributed by atoms with Gasteiger partial charge in [0.1, 0.15) is 6.54 Å². The summed E-state index contributed by atoms with van der Waals surface area (Å²) in [6, 6.07) is 0.809. The van der Waals surface area contributed by atoms with Crippen molar-refractivity contribution in [3.63, 3.8) is 0 Å². The zero-order chi connectivity index (χ0) is 16.3. The van der Waals surface area contributed by atoms with Crippen molar-refractivity contribution in [3.05, 3.63) is 0 Å². The van der Waals surface area contributed by atoms with Gasteiger partial charge >= 0.3 is 0 Å². The lowest BCUT2D eigenvalue weighted by atomic mass is 9.90. The number of carbonyl (C=O) groups excluding carboxylic acids is 1. The molecule has 23 heavy (non-hydrogen) atoms. The molecule has 130 valence electrons. The highest BCUT2D eigenvalue weighted by Gasteiger charge is 2.41. The molecule has 2 N–H and O–H groups in total. The summed E-state index contributed by atoms with van der Waals surface area (Å²) in [6.45, 7) is 2.39. The molecule has 3 aliphatic rings. The van der Waals surface area contributed by atoms with Crippen LogP contribution in [0.4, 0.5) is 0 Å². The molecule has 0 bridgehead atoms. The fourth-order valence-electron chi connectivity index (χ4n) is 3.05. The van der Waals surface area contributed by atoms with Gasteiger partial charge in [-0.3, -0.25) is 4.79 Å². The van der Waals surface area contributed by atoms with Gasteiger partial charge in [0.15, 0.2) is 5.96 Å². The van der Waals surface area contributed by atoms with Crippen LogP contribution in [-0.4, -0.2) is 74.9 Å². The summed E-state index contributed by atoms with van der Waals surface area (Å²) in [6.07, 6.45) is 5.20. The first-order chi connectivity index (χ1) is 11.1. The molecule has 1 spiro atoms. The summed E-state index contributed by atoms with van der Waals surface area (Å²) in [5, 5.41) is 6.91. The van der Waals surface area contributed by atoms with Gasteiger partial charge in [0, 0.05) is 45.8 Å². The number of hydrogen-bond acceptors (Lipinski definition) is 4. The molecule has 2 aliphatic heterocycles. The highest BCUT2D eigenvalue weighted by molar-refractivity contribution is 5.85. The van der Waals surface area contributed by atoms with Crippen LogP contribution in [0.3, 0.4) is 0 Å². The molecule has 2 heterocycles. The van der Waals surface area contributed by atoms with Crippen molar-refractivity contribution in [2.24, 2.45) is 4.99 Å². The molecule has 1 saturated carbocycles. The highest BCUT2D eigenvalue weighted by atomic mass is 16.6. The molecule has 2 atom stereocenters. The van der Waals surface area contributed by atoms with Crippen LogP contribution in [0.15, 0.2) is 4.99 Å². The zero-order valence-electron chi connectivity index (χ0n) is 14.1. The SMILES string of the molecule is CN(C)C(=O)CN=C(NC1CC1)NC1CCOC2(CCOC2)C1. The number of amides is 1. The average molecular weight is 324 g/mol. The first-order valence-corrected chi connectivity index (χ1v) is 8.56. The minimum absolute atomic E-state index is 0.00883. The van der Waals surface area contributed by atoms with Gasteiger partial charge < -0.3 is 25.0 Å². The van der Waals surface area contributed by atoms with E-state index in [-0.39, 0.29) is 18.1 Å². The first-order valence-electron chi connectivity index (χ1n) is 8.56. The molecule has 2 unspecified atom stereocenters. The second-order valence-corrected chi connectivity index (χ2v) is 7.04. The van der Waals surface area contributed by atoms with E-state index in [0.29, 0.717) is 18.7 Å². The molecule has 1 aliphatic carbocycles. The van der Waals surface area contributed by atoms with Crippen LogP contribution in [-0.2, 0) is 14.3 Å². The minimum Gasteiger partial charge on any atom is -0.378 e. The largest absolute Gasteiger partial charge is 0.378 e. The number of likely N-dealkylation sites (N-methyl/N-ethyl adjacent to an activating group) is 1. The summed E-state index contributed by atoms with van der Waals surface area (Å²) >= 11 is 0. The van der Waals surface area contributed by atoms with Crippen molar-refractivity contribution in [3.8, 4) is 0 Å². The molecule has 0 aromatic rings. The smallest absolute Gasteiger partial charge is 0.243 e. The third kappa shape index (κ3) is 4.57. The topological polar surface area (TPSA) is 75.2 Å². The number of nitrogens with one attached hydrogen (secondary N) is 2. The number of hydrogen-bond donors (Lipinski definition) is 2. The summed E-state index contributed by atoms with van der Waals surface area (Å²) in [5.74, 6) is 0.762. The number of aliphatic imine (C=N–C) groups is 1. The summed E-state index contributed by atoms with van der Waals surface area (Å²) in [4.78, 5) is 17.8. The van der Waals surface area contributed by atoms with Crippen LogP contribution in [0.25, 0.3) is 0 Å². The van der Waals surface area contributed by atoms with Gasteiger partial charge in [-0.25, -0.2) is 4.99 Å². The van der Waals surface area contributed by atoms with Gasteiger partial charge in [-0.15, -0.1) is 0 Å². The monoisotopic (exact) mass is 324 g/mol. The Labute approximate surface area is 137 Å². The van der Waals surface area contributed by atoms with E-state index in [0.717, 1.165) is 38.4 Å². The van der Waals surface area contributed by atoms with Gasteiger partial charge in [0.25, 0.3) is 0 Å². The van der Waals surface area contributed by atoms with Crippen molar-refractivity contribution in [2.75, 3.05) is 40.5 Å². The normalized spacial score (nSPS) is 31.2. The molecule has 1 amide bonds. The van der Waals surface area contributed by atoms with Crippen LogP contribution in [0.1, 0.15) is 32.1 Å². The third-order valence-electron chi connectivity index (χ3n) is 4.69. The van der Waals surface area contributed by atoms with Crippen LogP contribution < -0.4 is 10.6 Å². The Balaban J connectivity index is 1.58. The maximum absolute atomic E-state index is 11.8. The number of guanidine groups is 1. The van der Waals surface area contributed by atoms with Crippen molar-refractivity contribution < 1.29 is 14.3 Å². The van der Waals surface area contributed by atoms with Gasteiger partial charge in [-0.05, 0) is 25.7 Å². The predicted molar refractivity (Wildman–Crippen MR) is 87.4 cm³/mol. The molecule has 7 heteroatoms. The lowest BCUT2D eigenvalue weighted by Crippen LogP contribution is -2.52. The fraction of sp³-hybridized carbons (Fsp3) is 0.875. The Morgan fingerprint density at radius 2 is 2.00 bits per heavy atom. The fourth-order valence-corrected chi connectivity index (χ4v) is 3.05. The number of rotatable bonds is 4. The molecular weight excluding hydrogens is 296 g/mol. The van der Waals surface area contributed by atoms with E-state index in [4.69, 9.17) is 9.47 Å². The first kappa shape index (κ1) is 16.5. The molecule has 0 radical (unpaired) electrons. The minimum atomic E-state index is -0.125. The second kappa shape index (κ2) is 7.05. The Morgan fingerprint density at radius 3 is 2.65 bits per heavy atom. The highest BCUT2D eigenvalue weighted by Crippen LogP contribution is 2.32. The molecular formula is C16H28N4O3. The maximum Gasteiger partial charge on any atom is 0.243 e. The molecule has 3 rings (SSSR count). The zero-order valence-corrected chi connectivity index (χ0v) is 14.1. The van der Waals surface area contributed by atoms with E-state index in [1.54, 1.807) is 19.0 Å². The molecule has 0 aromatic heterocycles. The molecule has 2 saturated heterocycles. The Morgan fingerprint density at radius 1 is 1.22 bits per heavy atom. The lowest BCUT2D eigenvalue weighted by molar-refractivity contribution is -0.127. The molecule has 0 aromatic carbocycles. The third-order valence-corrected chi connectivity index (χ3v) is 4.69. The van der Waals surface area contributed by atoms with Crippen LogP contribution in [0.5, 0.6) is 0 Å². The predicted octanol–water partition coefficient (Wildman–Crippen LogP) is 0.110. The molecule has 7 nitrogen and oxygen atoms in total. The summed E-state index contributed by atoms with van der Waals surface area (Å²) in [5.41, 5.74) is -0.125. The second-order valence-electron chi connectivity index (χ2n) is 7.04. The van der Waals surface area contributed by atoms with Gasteiger partial charge in [0.2, 0.25) is 5.91 Å². The van der Waals surface area contributed by atoms with E-state index in [1.165, 1.54) is 12.8 Å². The van der Waals surface area contributed by atoms with Crippen molar-refractivity contribution in [1.29, 1.82) is 0 Å². The Hall–Kier alpha value is -1.34. The van der Waals surface area contributed by atoms with E-state index in [1.807, 2.05) is 0 Å². The van der Waals surface area contributed by atoms with Crippen LogP contribution in [0, 0.1) is 0 Å². The number of carbonyl (C=O) groups is 1. The van der Waals surface area contributed by atoms with E-state index >= 15 is 0 Å². The van der Waals surface area contributed by atoms with Gasteiger partial charge in [-0.2, -0.15) is 0 Å². The van der Waals surface area contributed by atoms with Crippen molar-refractivity contribution in [1.82, 2.24) is 15.5 Å². The number of nitrogens with zero attached hydrogens (tertiary/aromatic N) is 2. The standard InChI is InChI=1S/C16H28N4O3/c1-20(2)14(21)10-17-15(18-12-3-4-12)19-13-5-7-23-16(9-13)6-8-22-11-16/h12-13H,3-11H2,1-2H3,(H2,17,18,19). The van der Waals surface area contributed by atoms with E-state index in [9.17, 15) is 4.79 Å². The Kier molecular flexibility index (Phi) is 5.06. The van der Waals surface area contributed by atoms with Crippen LogP contribution >= 0.6 is 0 Å². The summed E-state index contributed by atoms with van der Waals surface area (Å²) in [7, 11) is 3.50. The Bertz CT molecular complexity index is 456. The quantitative estimate of drug-likeness (QED) is 0.567. The van der Waals surface area contributed by atoms with Crippen LogP contribution in [0.2, 0.25) is 0 Å². The van der Waals surface area contributed by atoms with Crippen molar-refractivity contribution >= 4 is 11.9 Å². The molecule has 3 fully saturated rings. The summed E-state index contributed by atoms with van der Waals surface area (Å²) < 4.78 is 11.5. The average Bonchev–Trinajstić information content (AvgIpc) is 3.23. The van der Waals surface area contributed by atoms with E-state index in [2.05, 4.69) is 15.6 Å².